The molecule has 2 N–H and O–H groups in total. The summed E-state index contributed by atoms with van der Waals surface area (Å²) < 4.78 is 0. The highest BCUT2D eigenvalue weighted by Crippen LogP contribution is 2.16. The van der Waals surface area contributed by atoms with Gasteiger partial charge in [0.2, 0.25) is 0 Å². The Morgan fingerprint density at radius 2 is 0.382 bits per heavy atom. The van der Waals surface area contributed by atoms with E-state index in [1.165, 1.54) is 199 Å². The van der Waals surface area contributed by atoms with Crippen molar-refractivity contribution in [1.82, 2.24) is 0 Å². The van der Waals surface area contributed by atoms with Gasteiger partial charge in [0.05, 0.1) is 0 Å². The molecule has 0 spiro atoms. The lowest BCUT2D eigenvalue weighted by atomic mass is 10.0. The molecule has 0 unspecified atom stereocenters. The van der Waals surface area contributed by atoms with Gasteiger partial charge < -0.3 is 5.73 Å². The Morgan fingerprint density at radius 3 is 0.529 bits per heavy atom. The zero-order valence-corrected chi connectivity index (χ0v) is 24.2. The zero-order valence-electron chi connectivity index (χ0n) is 24.2. The maximum atomic E-state index is 5.54. The van der Waals surface area contributed by atoms with E-state index in [0.29, 0.717) is 0 Å². The van der Waals surface area contributed by atoms with Crippen LogP contribution in [0.3, 0.4) is 0 Å². The second-order valence-electron chi connectivity index (χ2n) is 11.4. The van der Waals surface area contributed by atoms with Crippen LogP contribution in [0, 0.1) is 0 Å². The van der Waals surface area contributed by atoms with Gasteiger partial charge in [0.1, 0.15) is 0 Å². The normalized spacial score (nSPS) is 11.5. The average molecular weight is 480 g/mol. The Bertz CT molecular complexity index is 295. The highest BCUT2D eigenvalue weighted by molar-refractivity contribution is 4.52. The first-order chi connectivity index (χ1) is 16.9. The van der Waals surface area contributed by atoms with Gasteiger partial charge in [-0.1, -0.05) is 200 Å². The lowest BCUT2D eigenvalue weighted by Crippen LogP contribution is -1.97. The molecule has 0 fully saturated rings. The summed E-state index contributed by atoms with van der Waals surface area (Å²) >= 11 is 0. The number of hydrogen-bond donors (Lipinski definition) is 1. The Labute approximate surface area is 218 Å². The van der Waals surface area contributed by atoms with Crippen LogP contribution in [0.1, 0.15) is 206 Å². The van der Waals surface area contributed by atoms with Crippen LogP contribution in [0.2, 0.25) is 0 Å². The fourth-order valence-corrected chi connectivity index (χ4v) is 5.34. The molecule has 0 aliphatic rings. The molecule has 0 aromatic rings. The first kappa shape index (κ1) is 34.0. The average Bonchev–Trinajstić information content (AvgIpc) is 2.85. The molecule has 0 radical (unpaired) electrons. The van der Waals surface area contributed by atoms with Crippen molar-refractivity contribution >= 4 is 0 Å². The van der Waals surface area contributed by atoms with Crippen LogP contribution >= 0.6 is 0 Å². The molecule has 0 saturated heterocycles. The van der Waals surface area contributed by atoms with Crippen molar-refractivity contribution in [3.05, 3.63) is 0 Å². The van der Waals surface area contributed by atoms with E-state index >= 15 is 0 Å². The Hall–Kier alpha value is -0.0400. The predicted molar refractivity (Wildman–Crippen MR) is 158 cm³/mol. The Kier molecular flexibility index (Phi) is 32.9. The van der Waals surface area contributed by atoms with Gasteiger partial charge in [-0.2, -0.15) is 0 Å². The van der Waals surface area contributed by atoms with Crippen LogP contribution in [0.25, 0.3) is 0 Å². The zero-order chi connectivity index (χ0) is 24.6. The molecular weight excluding hydrogens is 410 g/mol. The van der Waals surface area contributed by atoms with Crippen molar-refractivity contribution in [2.75, 3.05) is 6.54 Å². The molecule has 0 bridgehead atoms. The standard InChI is InChI=1S/C33H69N/c1-2-3-4-5-6-7-8-9-10-11-12-13-14-15-16-17-18-19-20-21-22-23-24-25-26-27-28-29-30-31-32-33-34/h2-34H2,1H3. The van der Waals surface area contributed by atoms with Crippen molar-refractivity contribution < 1.29 is 0 Å². The molecular formula is C33H69N. The van der Waals surface area contributed by atoms with E-state index in [0.717, 1.165) is 6.54 Å². The smallest absolute Gasteiger partial charge is 0.00773 e. The van der Waals surface area contributed by atoms with E-state index in [9.17, 15) is 0 Å². The van der Waals surface area contributed by atoms with Gasteiger partial charge >= 0.3 is 0 Å². The number of unbranched alkanes of at least 4 members (excludes halogenated alkanes) is 30. The van der Waals surface area contributed by atoms with Gasteiger partial charge in [0.15, 0.2) is 0 Å². The van der Waals surface area contributed by atoms with Gasteiger partial charge in [0, 0.05) is 0 Å². The number of hydrogen-bond acceptors (Lipinski definition) is 1. The molecule has 0 rings (SSSR count). The fraction of sp³-hybridized carbons (Fsp3) is 1.00. The molecule has 34 heavy (non-hydrogen) atoms. The number of rotatable bonds is 31. The molecule has 0 aliphatic heterocycles. The van der Waals surface area contributed by atoms with E-state index in [2.05, 4.69) is 6.92 Å². The Balaban J connectivity index is 2.99. The second-order valence-corrected chi connectivity index (χ2v) is 11.4. The quantitative estimate of drug-likeness (QED) is 0.0982. The van der Waals surface area contributed by atoms with E-state index in [4.69, 9.17) is 5.73 Å². The largest absolute Gasteiger partial charge is 0.330 e. The predicted octanol–water partition coefficient (Wildman–Crippen LogP) is 12.1. The summed E-state index contributed by atoms with van der Waals surface area (Å²) in [6.07, 6.45) is 45.3. The van der Waals surface area contributed by atoms with Gasteiger partial charge in [-0.25, -0.2) is 0 Å². The molecule has 0 heterocycles. The van der Waals surface area contributed by atoms with Gasteiger partial charge in [-0.15, -0.1) is 0 Å². The third-order valence-electron chi connectivity index (χ3n) is 7.81. The Morgan fingerprint density at radius 1 is 0.235 bits per heavy atom. The van der Waals surface area contributed by atoms with Crippen molar-refractivity contribution in [2.45, 2.75) is 206 Å². The third-order valence-corrected chi connectivity index (χ3v) is 7.81. The topological polar surface area (TPSA) is 26.0 Å². The molecule has 1 nitrogen and oxygen atoms in total. The van der Waals surface area contributed by atoms with Crippen LogP contribution in [0.5, 0.6) is 0 Å². The molecule has 0 atom stereocenters. The van der Waals surface area contributed by atoms with Crippen molar-refractivity contribution in [3.8, 4) is 0 Å². The molecule has 1 heteroatoms. The molecule has 0 aromatic carbocycles. The third kappa shape index (κ3) is 32.0. The van der Waals surface area contributed by atoms with Crippen LogP contribution in [0.4, 0.5) is 0 Å². The molecule has 206 valence electrons. The highest BCUT2D eigenvalue weighted by atomic mass is 14.5. The summed E-state index contributed by atoms with van der Waals surface area (Å²) in [4.78, 5) is 0. The summed E-state index contributed by atoms with van der Waals surface area (Å²) in [5, 5.41) is 0. The summed E-state index contributed by atoms with van der Waals surface area (Å²) in [7, 11) is 0. The van der Waals surface area contributed by atoms with E-state index < -0.39 is 0 Å². The van der Waals surface area contributed by atoms with Crippen molar-refractivity contribution in [1.29, 1.82) is 0 Å². The monoisotopic (exact) mass is 480 g/mol. The maximum Gasteiger partial charge on any atom is -0.00773 e. The lowest BCUT2D eigenvalue weighted by Gasteiger charge is -2.04. The summed E-state index contributed by atoms with van der Waals surface area (Å²) in [5.41, 5.74) is 5.54. The first-order valence-electron chi connectivity index (χ1n) is 16.6. The van der Waals surface area contributed by atoms with Gasteiger partial charge in [-0.05, 0) is 13.0 Å². The van der Waals surface area contributed by atoms with Crippen LogP contribution in [0.15, 0.2) is 0 Å². The molecule has 0 amide bonds. The number of nitrogens with two attached hydrogens (primary N) is 1. The minimum Gasteiger partial charge on any atom is -0.330 e. The fourth-order valence-electron chi connectivity index (χ4n) is 5.34. The molecule has 0 aromatic heterocycles. The minimum absolute atomic E-state index is 0.875. The maximum absolute atomic E-state index is 5.54. The summed E-state index contributed by atoms with van der Waals surface area (Å²) in [6, 6.07) is 0. The van der Waals surface area contributed by atoms with Gasteiger partial charge in [0.25, 0.3) is 0 Å². The molecule has 0 aliphatic carbocycles. The first-order valence-corrected chi connectivity index (χ1v) is 16.6. The van der Waals surface area contributed by atoms with Crippen LogP contribution < -0.4 is 5.73 Å². The lowest BCUT2D eigenvalue weighted by molar-refractivity contribution is 0.512. The van der Waals surface area contributed by atoms with Crippen LogP contribution in [-0.2, 0) is 0 Å². The summed E-state index contributed by atoms with van der Waals surface area (Å²) in [5.74, 6) is 0. The van der Waals surface area contributed by atoms with E-state index in [-0.39, 0.29) is 0 Å². The van der Waals surface area contributed by atoms with E-state index in [1.807, 2.05) is 0 Å². The van der Waals surface area contributed by atoms with Crippen molar-refractivity contribution in [3.63, 3.8) is 0 Å². The molecule has 0 saturated carbocycles. The SMILES string of the molecule is CCCCCCCCCCCCCCCCCCCCCCCCCCCCCCCCCN. The summed E-state index contributed by atoms with van der Waals surface area (Å²) in [6.45, 7) is 3.18. The minimum atomic E-state index is 0.875. The highest BCUT2D eigenvalue weighted by Gasteiger charge is 1.97. The van der Waals surface area contributed by atoms with Gasteiger partial charge in [-0.3, -0.25) is 0 Å². The van der Waals surface area contributed by atoms with Crippen molar-refractivity contribution in [2.24, 2.45) is 5.73 Å². The van der Waals surface area contributed by atoms with E-state index in [1.54, 1.807) is 0 Å². The van der Waals surface area contributed by atoms with Crippen LogP contribution in [-0.4, -0.2) is 6.54 Å². The second kappa shape index (κ2) is 33.0.